The average Bonchev–Trinajstić information content (AvgIpc) is 2.59. The third-order valence-corrected chi connectivity index (χ3v) is 3.33. The highest BCUT2D eigenvalue weighted by molar-refractivity contribution is 5.79. The van der Waals surface area contributed by atoms with E-state index in [2.05, 4.69) is 9.97 Å². The lowest BCUT2D eigenvalue weighted by molar-refractivity contribution is -0.133. The van der Waals surface area contributed by atoms with Crippen LogP contribution in [-0.4, -0.2) is 40.1 Å². The maximum Gasteiger partial charge on any atom is 0.315 e. The Bertz CT molecular complexity index is 680. The number of aromatic nitrogens is 2. The minimum atomic E-state index is -3.28. The number of hydrogen-bond acceptors (Lipinski definition) is 5. The fourth-order valence-electron chi connectivity index (χ4n) is 2.04. The van der Waals surface area contributed by atoms with Crippen molar-refractivity contribution in [2.45, 2.75) is 18.6 Å². The van der Waals surface area contributed by atoms with E-state index in [0.717, 1.165) is 5.56 Å². The maximum absolute atomic E-state index is 13.0. The summed E-state index contributed by atoms with van der Waals surface area (Å²) >= 11 is 0. The summed E-state index contributed by atoms with van der Waals surface area (Å²) in [5, 5.41) is 11.8. The van der Waals surface area contributed by atoms with Crippen LogP contribution in [-0.2, 0) is 4.79 Å². The van der Waals surface area contributed by atoms with Crippen LogP contribution in [0.25, 0.3) is 11.1 Å². The summed E-state index contributed by atoms with van der Waals surface area (Å²) in [6, 6.07) is 4.77. The number of anilines is 1. The van der Waals surface area contributed by atoms with Gasteiger partial charge in [0.25, 0.3) is 5.91 Å². The van der Waals surface area contributed by atoms with Gasteiger partial charge in [-0.15, -0.1) is 0 Å². The van der Waals surface area contributed by atoms with Crippen molar-refractivity contribution in [2.75, 3.05) is 12.4 Å². The molecule has 0 aliphatic rings. The number of carbonyl (C=O) groups excluding carboxylic acids is 1. The molecule has 9 heteroatoms. The zero-order valence-corrected chi connectivity index (χ0v) is 12.4. The number of amides is 1. The van der Waals surface area contributed by atoms with Crippen LogP contribution in [0.1, 0.15) is 11.7 Å². The Labute approximate surface area is 135 Å². The first-order valence-corrected chi connectivity index (χ1v) is 6.92. The molecule has 0 radical (unpaired) electrons. The number of halogens is 3. The summed E-state index contributed by atoms with van der Waals surface area (Å²) in [6.07, 6.45) is -1.71. The van der Waals surface area contributed by atoms with Crippen LogP contribution in [0.2, 0.25) is 0 Å². The number of aliphatic hydroxyl groups excluding tert-OH is 1. The van der Waals surface area contributed by atoms with E-state index >= 15 is 0 Å². The fraction of sp³-hybridized carbons (Fsp3) is 0.267. The number of hydrogen-bond donors (Lipinski definition) is 3. The second kappa shape index (κ2) is 7.73. The number of nitrogens with one attached hydrogen (secondary N) is 1. The number of nitrogen functional groups attached to an aromatic ring is 1. The van der Waals surface area contributed by atoms with Gasteiger partial charge in [-0.25, -0.2) is 14.4 Å². The standard InChI is InChI=1S/C15H15F3N4O2/c16-5-11(22-14(24)13(17)18)12(23)9-3-1-8(2-4-9)10-6-20-15(19)21-7-10/h1-4,6-7,11-13,23H,5H2,(H,22,24)(H2,19,20,21). The lowest BCUT2D eigenvalue weighted by Gasteiger charge is -2.21. The SMILES string of the molecule is Nc1ncc(-c2ccc(C(O)C(CF)NC(=O)C(F)F)cc2)cn1. The summed E-state index contributed by atoms with van der Waals surface area (Å²) in [6.45, 7) is -1.19. The van der Waals surface area contributed by atoms with Gasteiger partial charge in [-0.1, -0.05) is 24.3 Å². The summed E-state index contributed by atoms with van der Waals surface area (Å²) in [4.78, 5) is 18.7. The number of rotatable bonds is 6. The molecule has 0 bridgehead atoms. The van der Waals surface area contributed by atoms with Gasteiger partial charge in [-0.3, -0.25) is 4.79 Å². The van der Waals surface area contributed by atoms with Gasteiger partial charge in [-0.2, -0.15) is 8.78 Å². The predicted molar refractivity (Wildman–Crippen MR) is 80.7 cm³/mol. The molecular formula is C15H15F3N4O2. The quantitative estimate of drug-likeness (QED) is 0.739. The smallest absolute Gasteiger partial charge is 0.315 e. The van der Waals surface area contributed by atoms with Crippen LogP contribution in [0.3, 0.4) is 0 Å². The van der Waals surface area contributed by atoms with Gasteiger partial charge in [0.05, 0.1) is 6.04 Å². The van der Waals surface area contributed by atoms with Crippen LogP contribution >= 0.6 is 0 Å². The molecule has 1 amide bonds. The molecule has 1 aromatic carbocycles. The fourth-order valence-corrected chi connectivity index (χ4v) is 2.04. The Morgan fingerprint density at radius 2 is 1.75 bits per heavy atom. The molecule has 1 aromatic heterocycles. The van der Waals surface area contributed by atoms with Crippen molar-refractivity contribution in [1.82, 2.24) is 15.3 Å². The molecule has 0 aliphatic carbocycles. The lowest BCUT2D eigenvalue weighted by Crippen LogP contribution is -2.43. The Balaban J connectivity index is 2.13. The molecule has 6 nitrogen and oxygen atoms in total. The first-order valence-electron chi connectivity index (χ1n) is 6.92. The second-order valence-electron chi connectivity index (χ2n) is 4.97. The molecule has 128 valence electrons. The van der Waals surface area contributed by atoms with Crippen molar-refractivity contribution < 1.29 is 23.1 Å². The van der Waals surface area contributed by atoms with Gasteiger partial charge < -0.3 is 16.2 Å². The van der Waals surface area contributed by atoms with E-state index in [1.807, 2.05) is 0 Å². The van der Waals surface area contributed by atoms with E-state index in [-0.39, 0.29) is 11.5 Å². The van der Waals surface area contributed by atoms with E-state index < -0.39 is 31.2 Å². The van der Waals surface area contributed by atoms with Crippen LogP contribution < -0.4 is 11.1 Å². The molecule has 0 spiro atoms. The highest BCUT2D eigenvalue weighted by Crippen LogP contribution is 2.23. The van der Waals surface area contributed by atoms with Crippen molar-refractivity contribution in [1.29, 1.82) is 0 Å². The molecule has 2 atom stereocenters. The van der Waals surface area contributed by atoms with Crippen LogP contribution in [0.4, 0.5) is 19.1 Å². The van der Waals surface area contributed by atoms with Gasteiger partial charge in [0.1, 0.15) is 12.8 Å². The first-order chi connectivity index (χ1) is 11.4. The minimum absolute atomic E-state index is 0.131. The van der Waals surface area contributed by atoms with E-state index in [4.69, 9.17) is 5.73 Å². The van der Waals surface area contributed by atoms with Crippen LogP contribution in [0.5, 0.6) is 0 Å². The Kier molecular flexibility index (Phi) is 5.69. The molecule has 2 unspecified atom stereocenters. The van der Waals surface area contributed by atoms with E-state index in [1.165, 1.54) is 24.5 Å². The number of nitrogens with two attached hydrogens (primary N) is 1. The molecule has 0 fully saturated rings. The van der Waals surface area contributed by atoms with Crippen LogP contribution in [0.15, 0.2) is 36.7 Å². The predicted octanol–water partition coefficient (Wildman–Crippen LogP) is 1.48. The van der Waals surface area contributed by atoms with E-state index in [9.17, 15) is 23.1 Å². The number of nitrogens with zero attached hydrogens (tertiary/aromatic N) is 2. The highest BCUT2D eigenvalue weighted by Gasteiger charge is 2.26. The molecule has 4 N–H and O–H groups in total. The zero-order valence-electron chi connectivity index (χ0n) is 12.4. The lowest BCUT2D eigenvalue weighted by atomic mass is 10.00. The topological polar surface area (TPSA) is 101 Å². The summed E-state index contributed by atoms with van der Waals surface area (Å²) in [5.41, 5.74) is 7.07. The molecule has 0 saturated heterocycles. The van der Waals surface area contributed by atoms with Crippen molar-refractivity contribution in [2.24, 2.45) is 0 Å². The molecular weight excluding hydrogens is 325 g/mol. The Morgan fingerprint density at radius 1 is 1.17 bits per heavy atom. The average molecular weight is 340 g/mol. The van der Waals surface area contributed by atoms with Crippen molar-refractivity contribution >= 4 is 11.9 Å². The molecule has 0 aliphatic heterocycles. The maximum atomic E-state index is 13.0. The first kappa shape index (κ1) is 17.7. The van der Waals surface area contributed by atoms with Crippen molar-refractivity contribution in [3.8, 4) is 11.1 Å². The molecule has 2 aromatic rings. The van der Waals surface area contributed by atoms with Gasteiger partial charge in [0.15, 0.2) is 0 Å². The van der Waals surface area contributed by atoms with Crippen LogP contribution in [0, 0.1) is 0 Å². The normalized spacial score (nSPS) is 13.5. The monoisotopic (exact) mass is 340 g/mol. The number of alkyl halides is 3. The van der Waals surface area contributed by atoms with E-state index in [1.54, 1.807) is 17.4 Å². The number of aliphatic hydroxyl groups is 1. The highest BCUT2D eigenvalue weighted by atomic mass is 19.3. The molecule has 24 heavy (non-hydrogen) atoms. The van der Waals surface area contributed by atoms with Gasteiger partial charge in [-0.05, 0) is 11.1 Å². The van der Waals surface area contributed by atoms with Crippen molar-refractivity contribution in [3.05, 3.63) is 42.2 Å². The molecule has 1 heterocycles. The largest absolute Gasteiger partial charge is 0.386 e. The third-order valence-electron chi connectivity index (χ3n) is 3.33. The minimum Gasteiger partial charge on any atom is -0.386 e. The third kappa shape index (κ3) is 4.19. The molecule has 0 saturated carbocycles. The Morgan fingerprint density at radius 3 is 2.25 bits per heavy atom. The zero-order chi connectivity index (χ0) is 17.7. The second-order valence-corrected chi connectivity index (χ2v) is 4.97. The summed E-state index contributed by atoms with van der Waals surface area (Å²) < 4.78 is 37.4. The van der Waals surface area contributed by atoms with Gasteiger partial charge in [0, 0.05) is 18.0 Å². The number of carbonyl (C=O) groups is 1. The van der Waals surface area contributed by atoms with Gasteiger partial charge in [0.2, 0.25) is 5.95 Å². The van der Waals surface area contributed by atoms with Crippen molar-refractivity contribution in [3.63, 3.8) is 0 Å². The van der Waals surface area contributed by atoms with E-state index in [0.29, 0.717) is 5.56 Å². The summed E-state index contributed by atoms with van der Waals surface area (Å²) in [7, 11) is 0. The molecule has 2 rings (SSSR count). The van der Waals surface area contributed by atoms with Gasteiger partial charge >= 0.3 is 6.43 Å². The number of benzene rings is 1. The summed E-state index contributed by atoms with van der Waals surface area (Å²) in [5.74, 6) is -1.50. The Hall–Kier alpha value is -2.68.